The second kappa shape index (κ2) is 7.29. The molecule has 0 aliphatic heterocycles. The van der Waals surface area contributed by atoms with E-state index in [1.807, 2.05) is 42.5 Å². The van der Waals surface area contributed by atoms with Gasteiger partial charge in [0.05, 0.1) is 5.02 Å². The Balaban J connectivity index is 2.07. The second-order valence-corrected chi connectivity index (χ2v) is 6.51. The first-order chi connectivity index (χ1) is 9.54. The van der Waals surface area contributed by atoms with Crippen molar-refractivity contribution >= 4 is 34.2 Å². The van der Waals surface area contributed by atoms with Crippen LogP contribution in [0.3, 0.4) is 0 Å². The van der Waals surface area contributed by atoms with Gasteiger partial charge in [0, 0.05) is 16.2 Å². The molecule has 0 heterocycles. The summed E-state index contributed by atoms with van der Waals surface area (Å²) in [5, 5.41) is 4.00. The van der Waals surface area contributed by atoms with Crippen LogP contribution >= 0.6 is 34.2 Å². The standard InChI is InChI=1S/C16H17ClINO/c1-11(2)19-10-12-3-8-16(15(17)9-12)20-14-6-4-13(18)5-7-14/h3-9,11,19H,10H2,1-2H3. The number of benzene rings is 2. The highest BCUT2D eigenvalue weighted by Crippen LogP contribution is 2.30. The fraction of sp³-hybridized carbons (Fsp3) is 0.250. The molecule has 0 amide bonds. The average Bonchev–Trinajstić information content (AvgIpc) is 2.41. The zero-order chi connectivity index (χ0) is 14.5. The van der Waals surface area contributed by atoms with Crippen molar-refractivity contribution in [2.24, 2.45) is 0 Å². The Labute approximate surface area is 138 Å². The van der Waals surface area contributed by atoms with E-state index in [-0.39, 0.29) is 0 Å². The quantitative estimate of drug-likeness (QED) is 0.692. The Kier molecular flexibility index (Phi) is 5.69. The molecule has 0 aliphatic rings. The highest BCUT2D eigenvalue weighted by Gasteiger charge is 2.05. The summed E-state index contributed by atoms with van der Waals surface area (Å²) >= 11 is 8.54. The monoisotopic (exact) mass is 401 g/mol. The fourth-order valence-electron chi connectivity index (χ4n) is 1.69. The minimum Gasteiger partial charge on any atom is -0.456 e. The van der Waals surface area contributed by atoms with E-state index in [2.05, 4.69) is 41.8 Å². The predicted octanol–water partition coefficient (Wildman–Crippen LogP) is 5.23. The third-order valence-electron chi connectivity index (χ3n) is 2.75. The van der Waals surface area contributed by atoms with Crippen molar-refractivity contribution in [2.45, 2.75) is 26.4 Å². The number of hydrogen-bond donors (Lipinski definition) is 1. The fourth-order valence-corrected chi connectivity index (χ4v) is 2.29. The maximum atomic E-state index is 6.27. The van der Waals surface area contributed by atoms with Gasteiger partial charge in [0.2, 0.25) is 0 Å². The van der Waals surface area contributed by atoms with Crippen LogP contribution in [0.15, 0.2) is 42.5 Å². The van der Waals surface area contributed by atoms with Crippen molar-refractivity contribution < 1.29 is 4.74 Å². The van der Waals surface area contributed by atoms with Gasteiger partial charge in [-0.2, -0.15) is 0 Å². The summed E-state index contributed by atoms with van der Waals surface area (Å²) in [4.78, 5) is 0. The van der Waals surface area contributed by atoms with Gasteiger partial charge in [0.15, 0.2) is 0 Å². The van der Waals surface area contributed by atoms with Crippen LogP contribution in [0.25, 0.3) is 0 Å². The molecule has 0 aromatic heterocycles. The molecule has 106 valence electrons. The Morgan fingerprint density at radius 3 is 2.45 bits per heavy atom. The molecule has 0 unspecified atom stereocenters. The van der Waals surface area contributed by atoms with Crippen LogP contribution in [0, 0.1) is 3.57 Å². The van der Waals surface area contributed by atoms with E-state index in [0.29, 0.717) is 16.8 Å². The van der Waals surface area contributed by atoms with Gasteiger partial charge in [-0.3, -0.25) is 0 Å². The zero-order valence-corrected chi connectivity index (χ0v) is 14.4. The molecular formula is C16H17ClINO. The van der Waals surface area contributed by atoms with Crippen LogP contribution in [0.1, 0.15) is 19.4 Å². The van der Waals surface area contributed by atoms with E-state index in [9.17, 15) is 0 Å². The normalized spacial score (nSPS) is 10.8. The largest absolute Gasteiger partial charge is 0.456 e. The van der Waals surface area contributed by atoms with E-state index in [0.717, 1.165) is 17.9 Å². The SMILES string of the molecule is CC(C)NCc1ccc(Oc2ccc(I)cc2)c(Cl)c1. The molecule has 20 heavy (non-hydrogen) atoms. The van der Waals surface area contributed by atoms with Crippen LogP contribution in [-0.4, -0.2) is 6.04 Å². The molecular weight excluding hydrogens is 385 g/mol. The van der Waals surface area contributed by atoms with Gasteiger partial charge < -0.3 is 10.1 Å². The minimum atomic E-state index is 0.455. The predicted molar refractivity (Wildman–Crippen MR) is 92.7 cm³/mol. The zero-order valence-electron chi connectivity index (χ0n) is 11.5. The molecule has 0 atom stereocenters. The number of rotatable bonds is 5. The highest BCUT2D eigenvalue weighted by atomic mass is 127. The van der Waals surface area contributed by atoms with Crippen molar-refractivity contribution in [3.8, 4) is 11.5 Å². The minimum absolute atomic E-state index is 0.455. The lowest BCUT2D eigenvalue weighted by Crippen LogP contribution is -2.21. The Morgan fingerprint density at radius 2 is 1.85 bits per heavy atom. The summed E-state index contributed by atoms with van der Waals surface area (Å²) in [6.45, 7) is 5.05. The molecule has 0 fully saturated rings. The maximum Gasteiger partial charge on any atom is 0.146 e. The van der Waals surface area contributed by atoms with E-state index < -0.39 is 0 Å². The van der Waals surface area contributed by atoms with Gasteiger partial charge >= 0.3 is 0 Å². The maximum absolute atomic E-state index is 6.27. The first-order valence-electron chi connectivity index (χ1n) is 6.50. The van der Waals surface area contributed by atoms with Crippen LogP contribution < -0.4 is 10.1 Å². The topological polar surface area (TPSA) is 21.3 Å². The first kappa shape index (κ1) is 15.6. The van der Waals surface area contributed by atoms with Crippen LogP contribution in [-0.2, 0) is 6.54 Å². The molecule has 0 saturated heterocycles. The molecule has 2 nitrogen and oxygen atoms in total. The summed E-state index contributed by atoms with van der Waals surface area (Å²) in [6, 6.07) is 14.2. The molecule has 0 spiro atoms. The number of hydrogen-bond acceptors (Lipinski definition) is 2. The Hall–Kier alpha value is -0.780. The molecule has 0 saturated carbocycles. The van der Waals surface area contributed by atoms with Crippen molar-refractivity contribution in [2.75, 3.05) is 0 Å². The molecule has 2 aromatic carbocycles. The summed E-state index contributed by atoms with van der Waals surface area (Å²) < 4.78 is 6.97. The summed E-state index contributed by atoms with van der Waals surface area (Å²) in [7, 11) is 0. The smallest absolute Gasteiger partial charge is 0.146 e. The number of halogens is 2. The third kappa shape index (κ3) is 4.65. The first-order valence-corrected chi connectivity index (χ1v) is 7.95. The van der Waals surface area contributed by atoms with Crippen molar-refractivity contribution in [1.29, 1.82) is 0 Å². The van der Waals surface area contributed by atoms with E-state index in [1.54, 1.807) is 0 Å². The van der Waals surface area contributed by atoms with Crippen LogP contribution in [0.4, 0.5) is 0 Å². The summed E-state index contributed by atoms with van der Waals surface area (Å²) in [6.07, 6.45) is 0. The average molecular weight is 402 g/mol. The Morgan fingerprint density at radius 1 is 1.15 bits per heavy atom. The van der Waals surface area contributed by atoms with Crippen LogP contribution in [0.5, 0.6) is 11.5 Å². The lowest BCUT2D eigenvalue weighted by Gasteiger charge is -2.11. The Bertz CT molecular complexity index is 569. The molecule has 2 rings (SSSR count). The van der Waals surface area contributed by atoms with E-state index in [4.69, 9.17) is 16.3 Å². The molecule has 0 bridgehead atoms. The van der Waals surface area contributed by atoms with E-state index >= 15 is 0 Å². The van der Waals surface area contributed by atoms with Gasteiger partial charge in [-0.1, -0.05) is 31.5 Å². The van der Waals surface area contributed by atoms with Gasteiger partial charge in [-0.15, -0.1) is 0 Å². The third-order valence-corrected chi connectivity index (χ3v) is 3.77. The highest BCUT2D eigenvalue weighted by molar-refractivity contribution is 14.1. The van der Waals surface area contributed by atoms with Crippen molar-refractivity contribution in [1.82, 2.24) is 5.32 Å². The van der Waals surface area contributed by atoms with Crippen LogP contribution in [0.2, 0.25) is 5.02 Å². The lowest BCUT2D eigenvalue weighted by atomic mass is 10.2. The summed E-state index contributed by atoms with van der Waals surface area (Å²) in [5.74, 6) is 1.47. The van der Waals surface area contributed by atoms with Gasteiger partial charge in [-0.25, -0.2) is 0 Å². The molecule has 1 N–H and O–H groups in total. The van der Waals surface area contributed by atoms with Gasteiger partial charge in [0.25, 0.3) is 0 Å². The second-order valence-electron chi connectivity index (χ2n) is 4.86. The summed E-state index contributed by atoms with van der Waals surface area (Å²) in [5.41, 5.74) is 1.15. The molecule has 2 aromatic rings. The van der Waals surface area contributed by atoms with Gasteiger partial charge in [-0.05, 0) is 64.6 Å². The molecule has 0 radical (unpaired) electrons. The van der Waals surface area contributed by atoms with Crippen molar-refractivity contribution in [3.63, 3.8) is 0 Å². The van der Waals surface area contributed by atoms with Crippen molar-refractivity contribution in [3.05, 3.63) is 56.6 Å². The lowest BCUT2D eigenvalue weighted by molar-refractivity contribution is 0.482. The number of ether oxygens (including phenoxy) is 1. The van der Waals surface area contributed by atoms with E-state index in [1.165, 1.54) is 3.57 Å². The van der Waals surface area contributed by atoms with Gasteiger partial charge in [0.1, 0.15) is 11.5 Å². The molecule has 4 heteroatoms. The number of nitrogens with one attached hydrogen (secondary N) is 1. The molecule has 0 aliphatic carbocycles.